The van der Waals surface area contributed by atoms with Crippen molar-refractivity contribution < 1.29 is 9.59 Å². The Bertz CT molecular complexity index is 816. The van der Waals surface area contributed by atoms with Gasteiger partial charge in [-0.2, -0.15) is 5.10 Å². The third kappa shape index (κ3) is 2.38. The number of anilines is 1. The molecule has 0 saturated carbocycles. The Morgan fingerprint density at radius 2 is 2.17 bits per heavy atom. The molecule has 3 saturated heterocycles. The fraction of sp³-hybridized carbons (Fsp3) is 0.500. The van der Waals surface area contributed by atoms with Gasteiger partial charge in [-0.3, -0.25) is 4.79 Å². The van der Waals surface area contributed by atoms with Crippen molar-refractivity contribution in [2.75, 3.05) is 25.5 Å². The molecule has 0 spiro atoms. The molecule has 3 aliphatic heterocycles. The van der Waals surface area contributed by atoms with E-state index < -0.39 is 0 Å². The van der Waals surface area contributed by atoms with Gasteiger partial charge in [-0.25, -0.2) is 14.3 Å². The minimum absolute atomic E-state index is 0.0920. The smallest absolute Gasteiger partial charge is 0.322 e. The van der Waals surface area contributed by atoms with Gasteiger partial charge in [0, 0.05) is 32.4 Å². The van der Waals surface area contributed by atoms with Crippen LogP contribution in [0.2, 0.25) is 0 Å². The first-order valence-electron chi connectivity index (χ1n) is 8.17. The van der Waals surface area contributed by atoms with Gasteiger partial charge in [0.1, 0.15) is 5.82 Å². The Labute approximate surface area is 139 Å². The quantitative estimate of drug-likeness (QED) is 0.850. The number of carbonyl (C=O) groups excluding carboxylic acids is 2. The molecule has 8 nitrogen and oxygen atoms in total. The zero-order chi connectivity index (χ0) is 16.8. The van der Waals surface area contributed by atoms with Gasteiger partial charge in [-0.05, 0) is 31.9 Å². The fourth-order valence-corrected chi connectivity index (χ4v) is 3.63. The summed E-state index contributed by atoms with van der Waals surface area (Å²) in [6, 6.07) is 3.54. The van der Waals surface area contributed by atoms with E-state index in [0.29, 0.717) is 30.2 Å². The van der Waals surface area contributed by atoms with E-state index in [4.69, 9.17) is 0 Å². The molecule has 126 valence electrons. The number of fused-ring (bicyclic) bond motifs is 5. The van der Waals surface area contributed by atoms with Gasteiger partial charge in [0.05, 0.1) is 11.6 Å². The SMILES string of the molecule is Cc1nc2c(NC(=O)N3CC4CCC(C3)N(C)C4=O)cccn2n1. The Kier molecular flexibility index (Phi) is 3.40. The molecule has 2 aromatic rings. The lowest BCUT2D eigenvalue weighted by molar-refractivity contribution is -0.138. The van der Waals surface area contributed by atoms with Gasteiger partial charge in [-0.1, -0.05) is 0 Å². The van der Waals surface area contributed by atoms with E-state index in [9.17, 15) is 9.59 Å². The third-order valence-corrected chi connectivity index (χ3v) is 4.96. The molecule has 0 radical (unpaired) electrons. The number of nitrogens with zero attached hydrogens (tertiary/aromatic N) is 5. The van der Waals surface area contributed by atoms with Crippen molar-refractivity contribution in [1.82, 2.24) is 24.4 Å². The second-order valence-corrected chi connectivity index (χ2v) is 6.56. The molecule has 0 aromatic carbocycles. The first kappa shape index (κ1) is 14.9. The van der Waals surface area contributed by atoms with Crippen molar-refractivity contribution in [1.29, 1.82) is 0 Å². The number of amides is 3. The maximum atomic E-state index is 12.7. The van der Waals surface area contributed by atoms with E-state index in [1.807, 2.05) is 26.1 Å². The average Bonchev–Trinajstić information content (AvgIpc) is 2.75. The first-order valence-corrected chi connectivity index (χ1v) is 8.17. The minimum Gasteiger partial charge on any atom is -0.341 e. The van der Waals surface area contributed by atoms with Crippen LogP contribution >= 0.6 is 0 Å². The average molecular weight is 328 g/mol. The van der Waals surface area contributed by atoms with Crippen LogP contribution in [0.1, 0.15) is 18.7 Å². The molecule has 2 aromatic heterocycles. The van der Waals surface area contributed by atoms with Gasteiger partial charge in [0.15, 0.2) is 5.65 Å². The summed E-state index contributed by atoms with van der Waals surface area (Å²) in [5.41, 5.74) is 1.24. The fourth-order valence-electron chi connectivity index (χ4n) is 3.63. The molecule has 8 heteroatoms. The van der Waals surface area contributed by atoms with Crippen molar-refractivity contribution in [3.63, 3.8) is 0 Å². The number of aromatic nitrogens is 3. The highest BCUT2D eigenvalue weighted by Crippen LogP contribution is 2.28. The van der Waals surface area contributed by atoms with Crippen molar-refractivity contribution in [2.45, 2.75) is 25.8 Å². The van der Waals surface area contributed by atoms with E-state index in [-0.39, 0.29) is 23.9 Å². The standard InChI is InChI=1S/C16H20N6O2/c1-10-17-14-13(4-3-7-22(14)19-10)18-16(24)21-8-11-5-6-12(9-21)20(2)15(11)23/h3-4,7,11-12H,5-6,8-9H2,1-2H3,(H,18,24). The maximum absolute atomic E-state index is 12.7. The zero-order valence-electron chi connectivity index (χ0n) is 13.8. The predicted molar refractivity (Wildman–Crippen MR) is 87.6 cm³/mol. The van der Waals surface area contributed by atoms with Crippen molar-refractivity contribution in [3.05, 3.63) is 24.2 Å². The van der Waals surface area contributed by atoms with E-state index in [2.05, 4.69) is 15.4 Å². The second-order valence-electron chi connectivity index (χ2n) is 6.56. The molecule has 1 N–H and O–H groups in total. The van der Waals surface area contributed by atoms with Gasteiger partial charge < -0.3 is 15.1 Å². The van der Waals surface area contributed by atoms with Crippen LogP contribution in [0, 0.1) is 12.8 Å². The van der Waals surface area contributed by atoms with Crippen LogP contribution in [0.15, 0.2) is 18.3 Å². The number of carbonyl (C=O) groups is 2. The predicted octanol–water partition coefficient (Wildman–Crippen LogP) is 1.12. The molecule has 2 unspecified atom stereocenters. The van der Waals surface area contributed by atoms with Gasteiger partial charge in [-0.15, -0.1) is 0 Å². The summed E-state index contributed by atoms with van der Waals surface area (Å²) in [5.74, 6) is 0.707. The van der Waals surface area contributed by atoms with E-state index >= 15 is 0 Å². The van der Waals surface area contributed by atoms with Crippen molar-refractivity contribution in [3.8, 4) is 0 Å². The largest absolute Gasteiger partial charge is 0.341 e. The Balaban J connectivity index is 1.57. The summed E-state index contributed by atoms with van der Waals surface area (Å²) < 4.78 is 1.65. The molecule has 3 fully saturated rings. The number of aryl methyl sites for hydroxylation is 1. The number of pyridine rings is 1. The molecule has 2 bridgehead atoms. The van der Waals surface area contributed by atoms with Crippen molar-refractivity contribution in [2.24, 2.45) is 5.92 Å². The molecule has 3 aliphatic rings. The molecular formula is C16H20N6O2. The van der Waals surface area contributed by atoms with Gasteiger partial charge >= 0.3 is 6.03 Å². The zero-order valence-corrected chi connectivity index (χ0v) is 13.8. The molecule has 2 atom stereocenters. The van der Waals surface area contributed by atoms with Crippen LogP contribution < -0.4 is 5.32 Å². The first-order chi connectivity index (χ1) is 11.5. The molecule has 3 amide bonds. The molecule has 5 rings (SSSR count). The van der Waals surface area contributed by atoms with E-state index in [1.54, 1.807) is 20.5 Å². The number of piperidine rings is 1. The third-order valence-electron chi connectivity index (χ3n) is 4.96. The Hall–Kier alpha value is -2.64. The highest BCUT2D eigenvalue weighted by Gasteiger charge is 2.40. The van der Waals surface area contributed by atoms with Crippen LogP contribution in [0.25, 0.3) is 5.65 Å². The summed E-state index contributed by atoms with van der Waals surface area (Å²) in [6.07, 6.45) is 3.61. The van der Waals surface area contributed by atoms with Crippen LogP contribution in [0.5, 0.6) is 0 Å². The van der Waals surface area contributed by atoms with Gasteiger partial charge in [0.2, 0.25) is 5.91 Å². The number of rotatable bonds is 1. The number of nitrogens with one attached hydrogen (secondary N) is 1. The lowest BCUT2D eigenvalue weighted by Gasteiger charge is -2.32. The van der Waals surface area contributed by atoms with Crippen LogP contribution in [-0.2, 0) is 4.79 Å². The Morgan fingerprint density at radius 1 is 1.33 bits per heavy atom. The highest BCUT2D eigenvalue weighted by atomic mass is 16.2. The minimum atomic E-state index is -0.191. The summed E-state index contributed by atoms with van der Waals surface area (Å²) in [5, 5.41) is 7.18. The van der Waals surface area contributed by atoms with Crippen LogP contribution in [-0.4, -0.2) is 62.5 Å². The Morgan fingerprint density at radius 3 is 3.00 bits per heavy atom. The van der Waals surface area contributed by atoms with Crippen molar-refractivity contribution >= 4 is 23.3 Å². The van der Waals surface area contributed by atoms with Gasteiger partial charge in [0.25, 0.3) is 0 Å². The highest BCUT2D eigenvalue weighted by molar-refractivity contribution is 5.93. The summed E-state index contributed by atoms with van der Waals surface area (Å²) in [7, 11) is 1.83. The molecule has 0 aliphatic carbocycles. The van der Waals surface area contributed by atoms with E-state index in [1.165, 1.54) is 0 Å². The summed E-state index contributed by atoms with van der Waals surface area (Å²) >= 11 is 0. The maximum Gasteiger partial charge on any atom is 0.322 e. The number of hydrogen-bond donors (Lipinski definition) is 1. The number of likely N-dealkylation sites (N-methyl/N-ethyl adjacent to an activating group) is 1. The number of urea groups is 1. The summed E-state index contributed by atoms with van der Waals surface area (Å²) in [4.78, 5) is 32.9. The lowest BCUT2D eigenvalue weighted by atomic mass is 9.95. The second kappa shape index (κ2) is 5.47. The summed E-state index contributed by atoms with van der Waals surface area (Å²) in [6.45, 7) is 2.85. The van der Waals surface area contributed by atoms with Crippen LogP contribution in [0.4, 0.5) is 10.5 Å². The monoisotopic (exact) mass is 328 g/mol. The molecule has 24 heavy (non-hydrogen) atoms. The number of hydrogen-bond acceptors (Lipinski definition) is 4. The topological polar surface area (TPSA) is 82.8 Å². The normalized spacial score (nSPS) is 23.7. The molecule has 5 heterocycles. The van der Waals surface area contributed by atoms with E-state index in [0.717, 1.165) is 12.8 Å². The van der Waals surface area contributed by atoms with Crippen LogP contribution in [0.3, 0.4) is 0 Å². The molecular weight excluding hydrogens is 308 g/mol. The lowest BCUT2D eigenvalue weighted by Crippen LogP contribution is -2.45.